The Balaban J connectivity index is 3.05. The van der Waals surface area contributed by atoms with Gasteiger partial charge in [-0.15, -0.1) is 0 Å². The van der Waals surface area contributed by atoms with Gasteiger partial charge in [0, 0.05) is 20.3 Å². The first-order valence-electron chi connectivity index (χ1n) is 8.56. The topological polar surface area (TPSA) is 55.4 Å². The van der Waals surface area contributed by atoms with E-state index in [2.05, 4.69) is 13.1 Å². The van der Waals surface area contributed by atoms with Crippen molar-refractivity contribution in [2.45, 2.75) is 32.5 Å². The van der Waals surface area contributed by atoms with Crippen LogP contribution in [0.5, 0.6) is 0 Å². The molecule has 0 aliphatic heterocycles. The zero-order valence-electron chi connectivity index (χ0n) is 15.4. The molecule has 0 atom stereocenters. The lowest BCUT2D eigenvalue weighted by molar-refractivity contribution is -0.0102. The van der Waals surface area contributed by atoms with E-state index >= 15 is 0 Å². The molecule has 0 amide bonds. The summed E-state index contributed by atoms with van der Waals surface area (Å²) < 4.78 is 32.3. The van der Waals surface area contributed by atoms with Crippen LogP contribution in [0.3, 0.4) is 0 Å². The molecule has 6 nitrogen and oxygen atoms in total. The number of rotatable bonds is 18. The van der Waals surface area contributed by atoms with Gasteiger partial charge in [0.25, 0.3) is 0 Å². The summed E-state index contributed by atoms with van der Waals surface area (Å²) in [6.45, 7) is 12.8. The van der Waals surface area contributed by atoms with E-state index in [0.29, 0.717) is 52.9 Å². The summed E-state index contributed by atoms with van der Waals surface area (Å²) >= 11 is 0. The number of hydrogen-bond acceptors (Lipinski definition) is 6. The zero-order valence-corrected chi connectivity index (χ0v) is 16.4. The van der Waals surface area contributed by atoms with Crippen molar-refractivity contribution in [2.24, 2.45) is 0 Å². The van der Waals surface area contributed by atoms with Crippen LogP contribution in [0.4, 0.5) is 0 Å². The molecule has 7 heteroatoms. The molecule has 0 N–H and O–H groups in total. The number of ether oxygens (including phenoxy) is 5. The Bertz CT molecular complexity index is 241. The zero-order chi connectivity index (χ0) is 17.2. The molecule has 0 saturated carbocycles. The normalized spacial score (nSPS) is 12.0. The maximum Gasteiger partial charge on any atom is 0.186 e. The summed E-state index contributed by atoms with van der Waals surface area (Å²) in [5.74, 6) is 0. The number of hydrogen-bond donors (Lipinski definition) is 0. The minimum atomic E-state index is -1.43. The van der Waals surface area contributed by atoms with E-state index in [1.807, 2.05) is 6.92 Å². The van der Waals surface area contributed by atoms with Gasteiger partial charge >= 0.3 is 0 Å². The molecule has 0 unspecified atom stereocenters. The molecule has 0 aliphatic rings. The first-order chi connectivity index (χ1) is 11.1. The lowest BCUT2D eigenvalue weighted by atomic mass is 10.5. The lowest BCUT2D eigenvalue weighted by Crippen LogP contribution is -2.28. The first-order valence-corrected chi connectivity index (χ1v) is 11.7. The SMILES string of the molecule is CCOCCOCCOCCOCCOCCC[Si](C)(C)OC. The van der Waals surface area contributed by atoms with Crippen LogP contribution < -0.4 is 0 Å². The van der Waals surface area contributed by atoms with Gasteiger partial charge in [-0.1, -0.05) is 0 Å². The lowest BCUT2D eigenvalue weighted by Gasteiger charge is -2.19. The smallest absolute Gasteiger partial charge is 0.186 e. The van der Waals surface area contributed by atoms with E-state index in [0.717, 1.165) is 25.7 Å². The second-order valence-electron chi connectivity index (χ2n) is 5.71. The minimum absolute atomic E-state index is 0.586. The van der Waals surface area contributed by atoms with Crippen molar-refractivity contribution in [3.63, 3.8) is 0 Å². The van der Waals surface area contributed by atoms with Gasteiger partial charge in [-0.2, -0.15) is 0 Å². The van der Waals surface area contributed by atoms with Crippen molar-refractivity contribution in [3.05, 3.63) is 0 Å². The molecular formula is C16H36O6Si. The van der Waals surface area contributed by atoms with Crippen LogP contribution in [-0.4, -0.2) is 81.5 Å². The van der Waals surface area contributed by atoms with Crippen LogP contribution in [0.1, 0.15) is 13.3 Å². The molecule has 0 heterocycles. The molecular weight excluding hydrogens is 316 g/mol. The van der Waals surface area contributed by atoms with Crippen LogP contribution in [0.15, 0.2) is 0 Å². The van der Waals surface area contributed by atoms with E-state index in [-0.39, 0.29) is 0 Å². The maximum atomic E-state index is 5.53. The van der Waals surface area contributed by atoms with Gasteiger partial charge in [0.15, 0.2) is 8.32 Å². The highest BCUT2D eigenvalue weighted by Gasteiger charge is 2.19. The van der Waals surface area contributed by atoms with Crippen LogP contribution >= 0.6 is 0 Å². The van der Waals surface area contributed by atoms with Crippen LogP contribution in [0.2, 0.25) is 19.1 Å². The Kier molecular flexibility index (Phi) is 16.8. The molecule has 0 aliphatic carbocycles. The molecule has 23 heavy (non-hydrogen) atoms. The van der Waals surface area contributed by atoms with Crippen LogP contribution in [0.25, 0.3) is 0 Å². The summed E-state index contributed by atoms with van der Waals surface area (Å²) in [7, 11) is 0.372. The molecule has 0 fully saturated rings. The Morgan fingerprint density at radius 1 is 0.609 bits per heavy atom. The van der Waals surface area contributed by atoms with Gasteiger partial charge in [0.05, 0.1) is 52.9 Å². The highest BCUT2D eigenvalue weighted by Crippen LogP contribution is 2.11. The minimum Gasteiger partial charge on any atom is -0.420 e. The average Bonchev–Trinajstić information content (AvgIpc) is 2.54. The molecule has 140 valence electrons. The molecule has 0 radical (unpaired) electrons. The fourth-order valence-corrected chi connectivity index (χ4v) is 2.93. The quantitative estimate of drug-likeness (QED) is 0.279. The second kappa shape index (κ2) is 16.8. The monoisotopic (exact) mass is 352 g/mol. The van der Waals surface area contributed by atoms with E-state index in [1.165, 1.54) is 0 Å². The Hall–Kier alpha value is -0.0231. The third-order valence-corrected chi connectivity index (χ3v) is 5.98. The van der Waals surface area contributed by atoms with Crippen molar-refractivity contribution < 1.29 is 28.1 Å². The maximum absolute atomic E-state index is 5.53. The fraction of sp³-hybridized carbons (Fsp3) is 1.00. The summed E-state index contributed by atoms with van der Waals surface area (Å²) in [6, 6.07) is 1.13. The molecule has 0 rings (SSSR count). The Morgan fingerprint density at radius 3 is 1.39 bits per heavy atom. The van der Waals surface area contributed by atoms with Gasteiger partial charge in [-0.25, -0.2) is 0 Å². The average molecular weight is 353 g/mol. The predicted molar refractivity (Wildman–Crippen MR) is 93.7 cm³/mol. The largest absolute Gasteiger partial charge is 0.420 e. The molecule has 0 aromatic rings. The van der Waals surface area contributed by atoms with Gasteiger partial charge in [0.2, 0.25) is 0 Å². The molecule has 0 aromatic heterocycles. The molecule has 0 aromatic carbocycles. The van der Waals surface area contributed by atoms with E-state index in [1.54, 1.807) is 7.11 Å². The predicted octanol–water partition coefficient (Wildman–Crippen LogP) is 2.33. The van der Waals surface area contributed by atoms with Crippen molar-refractivity contribution in [1.29, 1.82) is 0 Å². The van der Waals surface area contributed by atoms with E-state index < -0.39 is 8.32 Å². The van der Waals surface area contributed by atoms with Crippen LogP contribution in [0, 0.1) is 0 Å². The molecule has 0 spiro atoms. The molecule has 0 bridgehead atoms. The highest BCUT2D eigenvalue weighted by molar-refractivity contribution is 6.71. The summed E-state index contributed by atoms with van der Waals surface area (Å²) in [6.07, 6.45) is 1.06. The van der Waals surface area contributed by atoms with Crippen molar-refractivity contribution in [2.75, 3.05) is 73.2 Å². The van der Waals surface area contributed by atoms with E-state index in [9.17, 15) is 0 Å². The third-order valence-electron chi connectivity index (χ3n) is 3.31. The first kappa shape index (κ1) is 23.0. The van der Waals surface area contributed by atoms with Crippen molar-refractivity contribution in [3.8, 4) is 0 Å². The third kappa shape index (κ3) is 18.2. The summed E-state index contributed by atoms with van der Waals surface area (Å²) in [5.41, 5.74) is 0. The van der Waals surface area contributed by atoms with Gasteiger partial charge in [-0.3, -0.25) is 0 Å². The Labute approximate surface area is 142 Å². The van der Waals surface area contributed by atoms with Gasteiger partial charge in [-0.05, 0) is 32.5 Å². The van der Waals surface area contributed by atoms with Gasteiger partial charge in [0.1, 0.15) is 0 Å². The Morgan fingerprint density at radius 2 is 1.00 bits per heavy atom. The van der Waals surface area contributed by atoms with Crippen molar-refractivity contribution >= 4 is 8.32 Å². The van der Waals surface area contributed by atoms with Gasteiger partial charge < -0.3 is 28.1 Å². The fourth-order valence-electron chi connectivity index (χ4n) is 1.73. The second-order valence-corrected chi connectivity index (χ2v) is 10.1. The summed E-state index contributed by atoms with van der Waals surface area (Å²) in [5, 5.41) is 0. The molecule has 0 saturated heterocycles. The highest BCUT2D eigenvalue weighted by atomic mass is 28.4. The summed E-state index contributed by atoms with van der Waals surface area (Å²) in [4.78, 5) is 0. The standard InChI is InChI=1S/C16H36O6Si/c1-5-18-8-9-20-12-13-22-15-14-21-11-10-19-7-6-16-23(3,4)17-2/h5-16H2,1-4H3. The van der Waals surface area contributed by atoms with Crippen LogP contribution in [-0.2, 0) is 28.1 Å². The van der Waals surface area contributed by atoms with Crippen molar-refractivity contribution in [1.82, 2.24) is 0 Å². The van der Waals surface area contributed by atoms with E-state index in [4.69, 9.17) is 28.1 Å².